The smallest absolute Gasteiger partial charge is 0.306 e. The quantitative estimate of drug-likeness (QED) is 0.0203. The van der Waals surface area contributed by atoms with Gasteiger partial charge >= 0.3 is 11.9 Å². The number of aliphatic hydroxyl groups excluding tert-OH is 4. The lowest BCUT2D eigenvalue weighted by atomic mass is 9.99. The molecule has 1 heterocycles. The fourth-order valence-corrected chi connectivity index (χ4v) is 7.22. The molecule has 59 heavy (non-hydrogen) atoms. The number of hydrogen-bond donors (Lipinski definition) is 4. The second-order valence-corrected chi connectivity index (χ2v) is 16.7. The molecule has 0 bridgehead atoms. The molecule has 2 unspecified atom stereocenters. The third-order valence-electron chi connectivity index (χ3n) is 11.1. The minimum atomic E-state index is -1.60. The zero-order valence-electron chi connectivity index (χ0n) is 37.6. The van der Waals surface area contributed by atoms with Gasteiger partial charge < -0.3 is 39.4 Å². The normalized spacial score (nSPS) is 19.7. The standard InChI is InChI=1S/C49H88O10/c1-3-5-7-9-11-13-15-17-19-20-21-22-24-26-28-30-32-34-36-38-45(52)58-42(41-57-49-48(55)47(54)46(53)43(39-50)59-49)40-56-44(51)37-35-33-31-29-27-25-23-18-16-14-12-10-8-6-4-2/h16-17,19,23,42-43,46-50,53-55H,3-15,20-22,24-41H2,1-2H3/b19-17+/t18?,42-,43-,46+,47?,48?,49-/m1/s1. The van der Waals surface area contributed by atoms with Gasteiger partial charge in [0.1, 0.15) is 31.0 Å². The summed E-state index contributed by atoms with van der Waals surface area (Å²) < 4.78 is 22.2. The maximum Gasteiger partial charge on any atom is 0.306 e. The third kappa shape index (κ3) is 31.5. The first kappa shape index (κ1) is 55.0. The van der Waals surface area contributed by atoms with Crippen molar-refractivity contribution in [1.29, 1.82) is 0 Å². The Kier molecular flexibility index (Phi) is 37.3. The fraction of sp³-hybridized carbons (Fsp3) is 0.857. The van der Waals surface area contributed by atoms with Crippen LogP contribution in [0, 0.1) is 0 Å². The molecule has 344 valence electrons. The van der Waals surface area contributed by atoms with Crippen LogP contribution in [-0.4, -0.2) is 89.0 Å². The molecule has 0 amide bonds. The van der Waals surface area contributed by atoms with E-state index >= 15 is 0 Å². The van der Waals surface area contributed by atoms with Gasteiger partial charge in [0, 0.05) is 12.8 Å². The summed E-state index contributed by atoms with van der Waals surface area (Å²) in [6.45, 7) is 3.40. The number of hydrogen-bond acceptors (Lipinski definition) is 10. The molecule has 0 aromatic carbocycles. The highest BCUT2D eigenvalue weighted by Gasteiger charge is 2.44. The topological polar surface area (TPSA) is 152 Å². The lowest BCUT2D eigenvalue weighted by Gasteiger charge is -2.39. The molecule has 0 aromatic heterocycles. The van der Waals surface area contributed by atoms with Crippen molar-refractivity contribution in [2.75, 3.05) is 19.8 Å². The first-order chi connectivity index (χ1) is 28.8. The Balaban J connectivity index is 2.31. The number of carbonyl (C=O) groups is 2. The van der Waals surface area contributed by atoms with Gasteiger partial charge in [-0.2, -0.15) is 0 Å². The van der Waals surface area contributed by atoms with E-state index in [9.17, 15) is 30.0 Å². The number of aliphatic hydroxyl groups is 4. The van der Waals surface area contributed by atoms with Gasteiger partial charge in [0.15, 0.2) is 12.4 Å². The average molecular weight is 837 g/mol. The SMILES string of the molecule is CCCCCCCC=C=CCCCCCCCC(=O)OC[C@H](CO[C@@H]1O[C@H](CO)[C@H](O)C(O)C1O)OC(=O)CCCCCCCCCCC/C=C/CCCCCCCC. The Morgan fingerprint density at radius 3 is 1.49 bits per heavy atom. The van der Waals surface area contributed by atoms with Crippen LogP contribution in [0.3, 0.4) is 0 Å². The number of allylic oxidation sites excluding steroid dienone is 3. The monoisotopic (exact) mass is 837 g/mol. The van der Waals surface area contributed by atoms with Crippen molar-refractivity contribution in [3.63, 3.8) is 0 Å². The molecule has 0 radical (unpaired) electrons. The van der Waals surface area contributed by atoms with Crippen molar-refractivity contribution >= 4 is 11.9 Å². The lowest BCUT2D eigenvalue weighted by Crippen LogP contribution is -2.59. The maximum atomic E-state index is 12.8. The zero-order valence-corrected chi connectivity index (χ0v) is 37.6. The van der Waals surface area contributed by atoms with E-state index in [1.54, 1.807) is 0 Å². The van der Waals surface area contributed by atoms with Crippen molar-refractivity contribution in [3.8, 4) is 0 Å². The molecule has 0 saturated carbocycles. The molecule has 0 aliphatic carbocycles. The lowest BCUT2D eigenvalue weighted by molar-refractivity contribution is -0.305. The number of rotatable bonds is 40. The second kappa shape index (κ2) is 40.1. The van der Waals surface area contributed by atoms with Crippen molar-refractivity contribution in [2.24, 2.45) is 0 Å². The van der Waals surface area contributed by atoms with E-state index in [0.717, 1.165) is 57.8 Å². The molecule has 6 atom stereocenters. The van der Waals surface area contributed by atoms with Crippen LogP contribution in [0.4, 0.5) is 0 Å². The van der Waals surface area contributed by atoms with E-state index < -0.39 is 55.4 Å². The summed E-state index contributed by atoms with van der Waals surface area (Å²) in [5.74, 6) is -0.825. The van der Waals surface area contributed by atoms with E-state index in [0.29, 0.717) is 12.8 Å². The van der Waals surface area contributed by atoms with Gasteiger partial charge in [0.25, 0.3) is 0 Å². The third-order valence-corrected chi connectivity index (χ3v) is 11.1. The molecule has 1 fully saturated rings. The summed E-state index contributed by atoms with van der Waals surface area (Å²) >= 11 is 0. The summed E-state index contributed by atoms with van der Waals surface area (Å²) in [5.41, 5.74) is 3.30. The van der Waals surface area contributed by atoms with Crippen molar-refractivity contribution in [1.82, 2.24) is 0 Å². The Hall–Kier alpha value is -2.04. The van der Waals surface area contributed by atoms with Crippen LogP contribution in [0.25, 0.3) is 0 Å². The maximum absolute atomic E-state index is 12.8. The largest absolute Gasteiger partial charge is 0.462 e. The van der Waals surface area contributed by atoms with E-state index in [2.05, 4.69) is 43.9 Å². The molecule has 0 aromatic rings. The van der Waals surface area contributed by atoms with Crippen LogP contribution >= 0.6 is 0 Å². The highest BCUT2D eigenvalue weighted by atomic mass is 16.7. The number of carbonyl (C=O) groups excluding carboxylic acids is 2. The van der Waals surface area contributed by atoms with Gasteiger partial charge in [-0.1, -0.05) is 148 Å². The highest BCUT2D eigenvalue weighted by molar-refractivity contribution is 5.70. The Morgan fingerprint density at radius 1 is 0.559 bits per heavy atom. The van der Waals surface area contributed by atoms with Crippen molar-refractivity contribution in [3.05, 3.63) is 30.0 Å². The Labute approximate surface area is 359 Å². The van der Waals surface area contributed by atoms with Gasteiger partial charge in [-0.15, -0.1) is 5.73 Å². The van der Waals surface area contributed by atoms with Crippen LogP contribution in [0.15, 0.2) is 30.0 Å². The summed E-state index contributed by atoms with van der Waals surface area (Å²) in [5, 5.41) is 40.1. The Bertz CT molecular complexity index is 1070. The van der Waals surface area contributed by atoms with Crippen LogP contribution in [0.2, 0.25) is 0 Å². The molecule has 1 aliphatic rings. The van der Waals surface area contributed by atoms with Gasteiger partial charge in [0.2, 0.25) is 0 Å². The van der Waals surface area contributed by atoms with Crippen LogP contribution in [0.1, 0.15) is 213 Å². The number of unbranched alkanes of at least 4 members (excludes halogenated alkanes) is 25. The first-order valence-corrected chi connectivity index (χ1v) is 24.2. The summed E-state index contributed by atoms with van der Waals surface area (Å²) in [6, 6.07) is 0. The molecule has 10 heteroatoms. The van der Waals surface area contributed by atoms with Gasteiger partial charge in [0.05, 0.1) is 13.2 Å². The molecule has 4 N–H and O–H groups in total. The summed E-state index contributed by atoms with van der Waals surface area (Å²) in [4.78, 5) is 25.4. The molecular weight excluding hydrogens is 749 g/mol. The Morgan fingerprint density at radius 2 is 1.00 bits per heavy atom. The minimum Gasteiger partial charge on any atom is -0.462 e. The minimum absolute atomic E-state index is 0.224. The van der Waals surface area contributed by atoms with E-state index in [1.165, 1.54) is 116 Å². The van der Waals surface area contributed by atoms with Gasteiger partial charge in [-0.05, 0) is 76.4 Å². The van der Waals surface area contributed by atoms with Crippen molar-refractivity contribution < 1.29 is 49.0 Å². The predicted molar refractivity (Wildman–Crippen MR) is 237 cm³/mol. The predicted octanol–water partition coefficient (Wildman–Crippen LogP) is 10.7. The fourth-order valence-electron chi connectivity index (χ4n) is 7.22. The van der Waals surface area contributed by atoms with E-state index in [4.69, 9.17) is 18.9 Å². The zero-order chi connectivity index (χ0) is 43.0. The van der Waals surface area contributed by atoms with Gasteiger partial charge in [-0.25, -0.2) is 0 Å². The summed E-state index contributed by atoms with van der Waals surface area (Å²) in [6.07, 6.45) is 35.3. The van der Waals surface area contributed by atoms with Crippen LogP contribution < -0.4 is 0 Å². The molecule has 1 aliphatic heterocycles. The summed E-state index contributed by atoms with van der Waals surface area (Å²) in [7, 11) is 0. The second-order valence-electron chi connectivity index (χ2n) is 16.7. The van der Waals surface area contributed by atoms with E-state index in [-0.39, 0.29) is 26.1 Å². The van der Waals surface area contributed by atoms with Crippen LogP contribution in [0.5, 0.6) is 0 Å². The number of esters is 2. The first-order valence-electron chi connectivity index (χ1n) is 24.2. The highest BCUT2D eigenvalue weighted by Crippen LogP contribution is 2.23. The molecular formula is C49H88O10. The van der Waals surface area contributed by atoms with Crippen molar-refractivity contribution in [2.45, 2.75) is 250 Å². The average Bonchev–Trinajstić information content (AvgIpc) is 3.23. The molecule has 0 spiro atoms. The molecule has 1 rings (SSSR count). The molecule has 1 saturated heterocycles. The number of ether oxygens (including phenoxy) is 4. The molecule has 10 nitrogen and oxygen atoms in total. The van der Waals surface area contributed by atoms with E-state index in [1.807, 2.05) is 0 Å². The van der Waals surface area contributed by atoms with Crippen LogP contribution in [-0.2, 0) is 28.5 Å². The van der Waals surface area contributed by atoms with Gasteiger partial charge in [-0.3, -0.25) is 9.59 Å².